The van der Waals surface area contributed by atoms with E-state index < -0.39 is 10.7 Å². The first-order valence-electron chi connectivity index (χ1n) is 6.49. The lowest BCUT2D eigenvalue weighted by Crippen LogP contribution is -2.27. The van der Waals surface area contributed by atoms with Crippen molar-refractivity contribution in [3.05, 3.63) is 28.1 Å². The van der Waals surface area contributed by atoms with Crippen molar-refractivity contribution in [2.45, 2.75) is 25.4 Å². The highest BCUT2D eigenvalue weighted by atomic mass is 19.1. The van der Waals surface area contributed by atoms with Crippen LogP contribution in [0, 0.1) is 15.9 Å². The van der Waals surface area contributed by atoms with Crippen LogP contribution >= 0.6 is 0 Å². The first-order valence-corrected chi connectivity index (χ1v) is 6.49. The van der Waals surface area contributed by atoms with E-state index in [0.29, 0.717) is 6.54 Å². The fourth-order valence-electron chi connectivity index (χ4n) is 2.18. The van der Waals surface area contributed by atoms with Crippen molar-refractivity contribution in [1.29, 1.82) is 0 Å². The molecule has 0 aliphatic carbocycles. The fourth-order valence-corrected chi connectivity index (χ4v) is 2.18. The van der Waals surface area contributed by atoms with Crippen molar-refractivity contribution in [3.8, 4) is 5.75 Å². The number of nitro benzene ring substituents is 1. The summed E-state index contributed by atoms with van der Waals surface area (Å²) in [6.07, 6.45) is 3.12. The number of methoxy groups -OCH3 is 1. The summed E-state index contributed by atoms with van der Waals surface area (Å²) in [5.41, 5.74) is -0.203. The van der Waals surface area contributed by atoms with E-state index in [0.717, 1.165) is 31.9 Å². The van der Waals surface area contributed by atoms with Gasteiger partial charge in [0.1, 0.15) is 0 Å². The van der Waals surface area contributed by atoms with E-state index in [1.807, 2.05) is 0 Å². The molecule has 1 aromatic rings. The van der Waals surface area contributed by atoms with Crippen molar-refractivity contribution >= 4 is 11.4 Å². The average Bonchev–Trinajstić information content (AvgIpc) is 2.46. The fraction of sp³-hybridized carbons (Fsp3) is 0.538. The SMILES string of the molecule is COc1cc(NCC2CCCCO2)c(F)cc1[N+](=O)[O-]. The number of benzene rings is 1. The maximum absolute atomic E-state index is 13.8. The van der Waals surface area contributed by atoms with Crippen molar-refractivity contribution < 1.29 is 18.8 Å². The predicted octanol–water partition coefficient (Wildman–Crippen LogP) is 2.72. The zero-order valence-corrected chi connectivity index (χ0v) is 11.2. The van der Waals surface area contributed by atoms with Gasteiger partial charge < -0.3 is 14.8 Å². The number of anilines is 1. The highest BCUT2D eigenvalue weighted by Gasteiger charge is 2.20. The Morgan fingerprint density at radius 2 is 2.35 bits per heavy atom. The molecule has 0 aromatic heterocycles. The first kappa shape index (κ1) is 14.5. The van der Waals surface area contributed by atoms with Gasteiger partial charge in [-0.1, -0.05) is 0 Å². The largest absolute Gasteiger partial charge is 0.490 e. The predicted molar refractivity (Wildman–Crippen MR) is 71.7 cm³/mol. The van der Waals surface area contributed by atoms with Gasteiger partial charge in [-0.3, -0.25) is 10.1 Å². The molecule has 20 heavy (non-hydrogen) atoms. The summed E-state index contributed by atoms with van der Waals surface area (Å²) in [4.78, 5) is 10.1. The first-order chi connectivity index (χ1) is 9.61. The molecule has 1 aliphatic heterocycles. The lowest BCUT2D eigenvalue weighted by atomic mass is 10.1. The molecular weight excluding hydrogens is 267 g/mol. The Labute approximate surface area is 116 Å². The molecule has 0 radical (unpaired) electrons. The second-order valence-electron chi connectivity index (χ2n) is 4.63. The Bertz CT molecular complexity index is 490. The van der Waals surface area contributed by atoms with Gasteiger partial charge in [-0.15, -0.1) is 0 Å². The highest BCUT2D eigenvalue weighted by molar-refractivity contribution is 5.59. The molecule has 1 aromatic carbocycles. The standard InChI is InChI=1S/C13H17FN2O4/c1-19-13-7-11(10(14)6-12(13)16(17)18)15-8-9-4-2-3-5-20-9/h6-7,9,15H,2-5,8H2,1H3. The topological polar surface area (TPSA) is 73.6 Å². The van der Waals surface area contributed by atoms with E-state index in [1.165, 1.54) is 13.2 Å². The summed E-state index contributed by atoms with van der Waals surface area (Å²) in [5, 5.41) is 13.7. The summed E-state index contributed by atoms with van der Waals surface area (Å²) in [6.45, 7) is 1.19. The van der Waals surface area contributed by atoms with E-state index in [2.05, 4.69) is 5.32 Å². The zero-order chi connectivity index (χ0) is 14.5. The van der Waals surface area contributed by atoms with E-state index in [4.69, 9.17) is 9.47 Å². The van der Waals surface area contributed by atoms with Crippen LogP contribution in [-0.4, -0.2) is 31.3 Å². The van der Waals surface area contributed by atoms with Crippen LogP contribution in [0.2, 0.25) is 0 Å². The number of nitrogens with zero attached hydrogens (tertiary/aromatic N) is 1. The third-order valence-corrected chi connectivity index (χ3v) is 3.26. The van der Waals surface area contributed by atoms with Crippen LogP contribution < -0.4 is 10.1 Å². The lowest BCUT2D eigenvalue weighted by molar-refractivity contribution is -0.385. The third-order valence-electron chi connectivity index (χ3n) is 3.26. The van der Waals surface area contributed by atoms with Crippen molar-refractivity contribution in [2.24, 2.45) is 0 Å². The smallest absolute Gasteiger partial charge is 0.313 e. The summed E-state index contributed by atoms with van der Waals surface area (Å²) in [5.74, 6) is -0.642. The summed E-state index contributed by atoms with van der Waals surface area (Å²) in [6, 6.07) is 2.17. The summed E-state index contributed by atoms with van der Waals surface area (Å²) >= 11 is 0. The summed E-state index contributed by atoms with van der Waals surface area (Å²) in [7, 11) is 1.31. The van der Waals surface area contributed by atoms with E-state index >= 15 is 0 Å². The number of hydrogen-bond donors (Lipinski definition) is 1. The van der Waals surface area contributed by atoms with Crippen molar-refractivity contribution in [3.63, 3.8) is 0 Å². The third kappa shape index (κ3) is 3.36. The normalized spacial score (nSPS) is 18.6. The maximum atomic E-state index is 13.8. The van der Waals surface area contributed by atoms with Crippen LogP contribution in [0.3, 0.4) is 0 Å². The van der Waals surface area contributed by atoms with Crippen LogP contribution in [0.15, 0.2) is 12.1 Å². The lowest BCUT2D eigenvalue weighted by Gasteiger charge is -2.23. The number of hydrogen-bond acceptors (Lipinski definition) is 5. The molecule has 1 saturated heterocycles. The Balaban J connectivity index is 2.09. The minimum Gasteiger partial charge on any atom is -0.490 e. The molecule has 1 unspecified atom stereocenters. The second kappa shape index (κ2) is 6.51. The molecule has 1 aliphatic rings. The number of ether oxygens (including phenoxy) is 2. The molecule has 6 nitrogen and oxygen atoms in total. The molecule has 110 valence electrons. The van der Waals surface area contributed by atoms with Gasteiger partial charge in [0.25, 0.3) is 0 Å². The minimum absolute atomic E-state index is 0.0310. The molecule has 1 N–H and O–H groups in total. The zero-order valence-electron chi connectivity index (χ0n) is 11.2. The number of nitro groups is 1. The van der Waals surface area contributed by atoms with Crippen LogP contribution in [0.5, 0.6) is 5.75 Å². The Morgan fingerprint density at radius 3 is 2.95 bits per heavy atom. The average molecular weight is 284 g/mol. The van der Waals surface area contributed by atoms with Gasteiger partial charge >= 0.3 is 5.69 Å². The van der Waals surface area contributed by atoms with Crippen LogP contribution in [-0.2, 0) is 4.74 Å². The Kier molecular flexibility index (Phi) is 4.73. The van der Waals surface area contributed by atoms with Crippen LogP contribution in [0.1, 0.15) is 19.3 Å². The molecule has 0 spiro atoms. The van der Waals surface area contributed by atoms with Crippen LogP contribution in [0.4, 0.5) is 15.8 Å². The van der Waals surface area contributed by atoms with Gasteiger partial charge in [0.05, 0.1) is 29.9 Å². The van der Waals surface area contributed by atoms with Crippen molar-refractivity contribution in [1.82, 2.24) is 0 Å². The second-order valence-corrected chi connectivity index (χ2v) is 4.63. The Morgan fingerprint density at radius 1 is 1.55 bits per heavy atom. The molecule has 7 heteroatoms. The van der Waals surface area contributed by atoms with Gasteiger partial charge in [0, 0.05) is 19.2 Å². The van der Waals surface area contributed by atoms with Crippen LogP contribution in [0.25, 0.3) is 0 Å². The van der Waals surface area contributed by atoms with Gasteiger partial charge in [-0.25, -0.2) is 4.39 Å². The molecule has 0 bridgehead atoms. The van der Waals surface area contributed by atoms with E-state index in [9.17, 15) is 14.5 Å². The number of halogens is 1. The highest BCUT2D eigenvalue weighted by Crippen LogP contribution is 2.32. The molecular formula is C13H17FN2O4. The van der Waals surface area contributed by atoms with Gasteiger partial charge in [-0.2, -0.15) is 0 Å². The van der Waals surface area contributed by atoms with Gasteiger partial charge in [0.2, 0.25) is 0 Å². The minimum atomic E-state index is -0.673. The quantitative estimate of drug-likeness (QED) is 0.664. The molecule has 2 rings (SSSR count). The van der Waals surface area contributed by atoms with E-state index in [-0.39, 0.29) is 23.2 Å². The molecule has 0 saturated carbocycles. The number of nitrogens with one attached hydrogen (secondary N) is 1. The molecule has 1 atom stereocenters. The summed E-state index contributed by atoms with van der Waals surface area (Å²) < 4.78 is 24.3. The van der Waals surface area contributed by atoms with Crippen molar-refractivity contribution in [2.75, 3.05) is 25.6 Å². The maximum Gasteiger partial charge on any atom is 0.313 e. The Hall–Kier alpha value is -1.89. The molecule has 1 fully saturated rings. The molecule has 0 amide bonds. The van der Waals surface area contributed by atoms with Gasteiger partial charge in [0.15, 0.2) is 11.6 Å². The van der Waals surface area contributed by atoms with Gasteiger partial charge in [-0.05, 0) is 19.3 Å². The molecule has 1 heterocycles. The monoisotopic (exact) mass is 284 g/mol. The van der Waals surface area contributed by atoms with E-state index in [1.54, 1.807) is 0 Å². The number of rotatable bonds is 5.